The van der Waals surface area contributed by atoms with E-state index in [1.807, 2.05) is 25.1 Å². The molecule has 3 aromatic rings. The largest absolute Gasteiger partial charge is 0.496 e. The Morgan fingerprint density at radius 1 is 1.34 bits per heavy atom. The first-order valence-corrected chi connectivity index (χ1v) is 10.5. The lowest BCUT2D eigenvalue weighted by Gasteiger charge is -2.23. The van der Waals surface area contributed by atoms with Crippen LogP contribution in [-0.4, -0.2) is 37.3 Å². The number of halogens is 1. The van der Waals surface area contributed by atoms with Crippen molar-refractivity contribution in [2.24, 2.45) is 0 Å². The van der Waals surface area contributed by atoms with Crippen LogP contribution in [0.3, 0.4) is 0 Å². The van der Waals surface area contributed by atoms with E-state index in [0.29, 0.717) is 17.2 Å². The van der Waals surface area contributed by atoms with Crippen LogP contribution in [0.5, 0.6) is 5.75 Å². The highest BCUT2D eigenvalue weighted by Gasteiger charge is 2.26. The SMILES string of the molecule is COc1ccc(CC(=O)N(CC2CCCO2)c2nc3ccc(F)cc3s2)cc1C. The van der Waals surface area contributed by atoms with Crippen LogP contribution >= 0.6 is 11.3 Å². The van der Waals surface area contributed by atoms with Gasteiger partial charge in [0, 0.05) is 6.61 Å². The molecule has 152 valence electrons. The second-order valence-electron chi connectivity index (χ2n) is 7.23. The lowest BCUT2D eigenvalue weighted by Crippen LogP contribution is -2.38. The molecule has 7 heteroatoms. The van der Waals surface area contributed by atoms with Gasteiger partial charge in [-0.2, -0.15) is 0 Å². The Hall–Kier alpha value is -2.51. The first kappa shape index (κ1) is 19.8. The van der Waals surface area contributed by atoms with Crippen LogP contribution in [0.2, 0.25) is 0 Å². The number of nitrogens with zero attached hydrogens (tertiary/aromatic N) is 2. The first-order chi connectivity index (χ1) is 14.0. The Labute approximate surface area is 173 Å². The number of aryl methyl sites for hydroxylation is 1. The molecule has 0 bridgehead atoms. The molecule has 1 unspecified atom stereocenters. The molecule has 0 spiro atoms. The summed E-state index contributed by atoms with van der Waals surface area (Å²) in [5, 5.41) is 0.580. The summed E-state index contributed by atoms with van der Waals surface area (Å²) in [5.41, 5.74) is 2.59. The number of carbonyl (C=O) groups is 1. The number of benzene rings is 2. The molecule has 0 saturated carbocycles. The van der Waals surface area contributed by atoms with Gasteiger partial charge in [0.05, 0.1) is 36.4 Å². The molecular weight excluding hydrogens is 391 g/mol. The smallest absolute Gasteiger partial charge is 0.233 e. The number of hydrogen-bond acceptors (Lipinski definition) is 5. The quantitative estimate of drug-likeness (QED) is 0.596. The molecule has 1 atom stereocenters. The Kier molecular flexibility index (Phi) is 5.78. The minimum absolute atomic E-state index is 0.000279. The lowest BCUT2D eigenvalue weighted by atomic mass is 10.1. The highest BCUT2D eigenvalue weighted by Crippen LogP contribution is 2.31. The van der Waals surface area contributed by atoms with Gasteiger partial charge in [0.25, 0.3) is 0 Å². The van der Waals surface area contributed by atoms with Crippen molar-refractivity contribution in [3.63, 3.8) is 0 Å². The molecule has 0 radical (unpaired) electrons. The van der Waals surface area contributed by atoms with Crippen molar-refractivity contribution in [2.45, 2.75) is 32.3 Å². The average Bonchev–Trinajstić information content (AvgIpc) is 3.35. The van der Waals surface area contributed by atoms with E-state index < -0.39 is 0 Å². The first-order valence-electron chi connectivity index (χ1n) is 9.65. The maximum absolute atomic E-state index is 13.6. The fraction of sp³-hybridized carbons (Fsp3) is 0.364. The number of methoxy groups -OCH3 is 1. The molecule has 4 rings (SSSR count). The summed E-state index contributed by atoms with van der Waals surface area (Å²) in [6.07, 6.45) is 2.17. The fourth-order valence-electron chi connectivity index (χ4n) is 3.60. The minimum atomic E-state index is -0.307. The second kappa shape index (κ2) is 8.47. The highest BCUT2D eigenvalue weighted by molar-refractivity contribution is 7.22. The van der Waals surface area contributed by atoms with Gasteiger partial charge in [-0.3, -0.25) is 9.69 Å². The van der Waals surface area contributed by atoms with Gasteiger partial charge in [0.1, 0.15) is 11.6 Å². The summed E-state index contributed by atoms with van der Waals surface area (Å²) in [7, 11) is 1.63. The third kappa shape index (κ3) is 4.41. The van der Waals surface area contributed by atoms with Gasteiger partial charge in [-0.15, -0.1) is 0 Å². The van der Waals surface area contributed by atoms with Crippen LogP contribution in [0.1, 0.15) is 24.0 Å². The summed E-state index contributed by atoms with van der Waals surface area (Å²) in [6, 6.07) is 10.2. The van der Waals surface area contributed by atoms with Crippen molar-refractivity contribution in [2.75, 3.05) is 25.2 Å². The number of aromatic nitrogens is 1. The van der Waals surface area contributed by atoms with Crippen LogP contribution in [0.25, 0.3) is 10.2 Å². The Morgan fingerprint density at radius 3 is 2.93 bits per heavy atom. The Bertz CT molecular complexity index is 1030. The molecule has 1 aliphatic heterocycles. The molecule has 1 saturated heterocycles. The van der Waals surface area contributed by atoms with Gasteiger partial charge in [-0.25, -0.2) is 9.37 Å². The van der Waals surface area contributed by atoms with Crippen molar-refractivity contribution in [1.82, 2.24) is 4.98 Å². The third-order valence-electron chi connectivity index (χ3n) is 5.10. The summed E-state index contributed by atoms with van der Waals surface area (Å²) < 4.78 is 25.4. The van der Waals surface area contributed by atoms with Crippen LogP contribution < -0.4 is 9.64 Å². The molecule has 29 heavy (non-hydrogen) atoms. The van der Waals surface area contributed by atoms with E-state index in [-0.39, 0.29) is 24.2 Å². The monoisotopic (exact) mass is 414 g/mol. The van der Waals surface area contributed by atoms with Crippen molar-refractivity contribution in [3.05, 3.63) is 53.3 Å². The predicted molar refractivity (Wildman–Crippen MR) is 112 cm³/mol. The van der Waals surface area contributed by atoms with Gasteiger partial charge in [-0.05, 0) is 55.2 Å². The predicted octanol–water partition coefficient (Wildman–Crippen LogP) is 4.51. The Balaban J connectivity index is 1.61. The number of anilines is 1. The molecule has 2 heterocycles. The van der Waals surface area contributed by atoms with E-state index in [9.17, 15) is 9.18 Å². The third-order valence-corrected chi connectivity index (χ3v) is 6.14. The van der Waals surface area contributed by atoms with E-state index in [0.717, 1.165) is 41.0 Å². The summed E-state index contributed by atoms with van der Waals surface area (Å²) in [5.74, 6) is 0.439. The Morgan fingerprint density at radius 2 is 2.21 bits per heavy atom. The van der Waals surface area contributed by atoms with Crippen molar-refractivity contribution >= 4 is 32.6 Å². The zero-order chi connectivity index (χ0) is 20.4. The molecule has 2 aromatic carbocycles. The zero-order valence-electron chi connectivity index (χ0n) is 16.5. The average molecular weight is 415 g/mol. The van der Waals surface area contributed by atoms with Gasteiger partial charge in [0.2, 0.25) is 5.91 Å². The molecule has 0 N–H and O–H groups in total. The number of amides is 1. The molecule has 1 aromatic heterocycles. The molecule has 5 nitrogen and oxygen atoms in total. The summed E-state index contributed by atoms with van der Waals surface area (Å²) in [4.78, 5) is 19.5. The molecular formula is C22H23FN2O3S. The topological polar surface area (TPSA) is 51.7 Å². The van der Waals surface area contributed by atoms with E-state index in [4.69, 9.17) is 9.47 Å². The van der Waals surface area contributed by atoms with Gasteiger partial charge in [-0.1, -0.05) is 23.5 Å². The van der Waals surface area contributed by atoms with E-state index >= 15 is 0 Å². The van der Waals surface area contributed by atoms with Crippen molar-refractivity contribution < 1.29 is 18.7 Å². The van der Waals surface area contributed by atoms with E-state index in [2.05, 4.69) is 4.98 Å². The summed E-state index contributed by atoms with van der Waals surface area (Å²) >= 11 is 1.33. The van der Waals surface area contributed by atoms with E-state index in [1.54, 1.807) is 18.1 Å². The maximum Gasteiger partial charge on any atom is 0.233 e. The number of carbonyl (C=O) groups excluding carboxylic acids is 1. The van der Waals surface area contributed by atoms with Gasteiger partial charge >= 0.3 is 0 Å². The van der Waals surface area contributed by atoms with Crippen LogP contribution in [0.4, 0.5) is 9.52 Å². The van der Waals surface area contributed by atoms with Crippen LogP contribution in [-0.2, 0) is 16.0 Å². The zero-order valence-corrected chi connectivity index (χ0v) is 17.3. The molecule has 0 aliphatic carbocycles. The normalized spacial score (nSPS) is 16.3. The van der Waals surface area contributed by atoms with Crippen LogP contribution in [0.15, 0.2) is 36.4 Å². The number of ether oxygens (including phenoxy) is 2. The van der Waals surface area contributed by atoms with Crippen molar-refractivity contribution in [3.8, 4) is 5.75 Å². The molecule has 1 fully saturated rings. The van der Waals surface area contributed by atoms with Crippen molar-refractivity contribution in [1.29, 1.82) is 0 Å². The standard InChI is InChI=1S/C22H23FN2O3S/c1-14-10-15(5-8-19(14)27-2)11-21(26)25(13-17-4-3-9-28-17)22-24-18-7-6-16(23)12-20(18)29-22/h5-8,10,12,17H,3-4,9,11,13H2,1-2H3. The fourth-order valence-corrected chi connectivity index (χ4v) is 4.62. The minimum Gasteiger partial charge on any atom is -0.496 e. The molecule has 1 amide bonds. The maximum atomic E-state index is 13.6. The van der Waals surface area contributed by atoms with Gasteiger partial charge < -0.3 is 9.47 Å². The second-order valence-corrected chi connectivity index (χ2v) is 8.24. The van der Waals surface area contributed by atoms with Gasteiger partial charge in [0.15, 0.2) is 5.13 Å². The number of rotatable bonds is 6. The van der Waals surface area contributed by atoms with Crippen LogP contribution in [0, 0.1) is 12.7 Å². The molecule has 1 aliphatic rings. The highest BCUT2D eigenvalue weighted by atomic mass is 32.1. The summed E-state index contributed by atoms with van der Waals surface area (Å²) in [6.45, 7) is 3.13. The lowest BCUT2D eigenvalue weighted by molar-refractivity contribution is -0.118. The number of fused-ring (bicyclic) bond motifs is 1. The number of thiazole rings is 1. The number of hydrogen-bond donors (Lipinski definition) is 0. The van der Waals surface area contributed by atoms with E-state index in [1.165, 1.54) is 23.5 Å².